The maximum atomic E-state index is 13.3. The first-order chi connectivity index (χ1) is 7.11. The molecule has 1 saturated carbocycles. The summed E-state index contributed by atoms with van der Waals surface area (Å²) in [5.74, 6) is -1.29. The molecule has 0 amide bonds. The summed E-state index contributed by atoms with van der Waals surface area (Å²) in [6.45, 7) is 0. The van der Waals surface area contributed by atoms with Gasteiger partial charge in [0.1, 0.15) is 11.6 Å². The smallest absolute Gasteiger partial charge is 0.131 e. The SMILES string of the molecule is Cl.N[C@@H](c1c(F)cccc1F)[C@H](O)C1CC1. The maximum Gasteiger partial charge on any atom is 0.131 e. The summed E-state index contributed by atoms with van der Waals surface area (Å²) < 4.78 is 26.6. The zero-order valence-corrected chi connectivity index (χ0v) is 9.38. The molecule has 0 aromatic heterocycles. The first-order valence-corrected chi connectivity index (χ1v) is 4.99. The lowest BCUT2D eigenvalue weighted by molar-refractivity contribution is 0.119. The van der Waals surface area contributed by atoms with Crippen LogP contribution in [0.25, 0.3) is 0 Å². The van der Waals surface area contributed by atoms with Crippen LogP contribution in [-0.4, -0.2) is 11.2 Å². The topological polar surface area (TPSA) is 46.2 Å². The molecular formula is C11H14ClF2NO. The highest BCUT2D eigenvalue weighted by atomic mass is 35.5. The molecule has 1 aromatic rings. The molecule has 2 atom stereocenters. The molecule has 2 rings (SSSR count). The molecule has 0 saturated heterocycles. The molecule has 3 N–H and O–H groups in total. The number of halogens is 3. The molecule has 1 aromatic carbocycles. The average molecular weight is 250 g/mol. The van der Waals surface area contributed by atoms with Gasteiger partial charge < -0.3 is 10.8 Å². The quantitative estimate of drug-likeness (QED) is 0.862. The van der Waals surface area contributed by atoms with Gasteiger partial charge in [0.2, 0.25) is 0 Å². The van der Waals surface area contributed by atoms with Gasteiger partial charge in [-0.25, -0.2) is 8.78 Å². The van der Waals surface area contributed by atoms with Gasteiger partial charge in [0, 0.05) is 5.56 Å². The van der Waals surface area contributed by atoms with Crippen LogP contribution in [0.1, 0.15) is 24.4 Å². The second-order valence-corrected chi connectivity index (χ2v) is 3.99. The van der Waals surface area contributed by atoms with Gasteiger partial charge in [-0.05, 0) is 30.9 Å². The fraction of sp³-hybridized carbons (Fsp3) is 0.455. The Hall–Kier alpha value is -0.710. The van der Waals surface area contributed by atoms with E-state index in [-0.39, 0.29) is 23.9 Å². The fourth-order valence-corrected chi connectivity index (χ4v) is 1.73. The Kier molecular flexibility index (Phi) is 4.24. The predicted molar refractivity (Wildman–Crippen MR) is 59.3 cm³/mol. The van der Waals surface area contributed by atoms with E-state index >= 15 is 0 Å². The van der Waals surface area contributed by atoms with E-state index in [0.717, 1.165) is 25.0 Å². The van der Waals surface area contributed by atoms with Crippen molar-refractivity contribution in [1.29, 1.82) is 0 Å². The van der Waals surface area contributed by atoms with Crippen molar-refractivity contribution in [3.63, 3.8) is 0 Å². The Morgan fingerprint density at radius 3 is 2.19 bits per heavy atom. The fourth-order valence-electron chi connectivity index (χ4n) is 1.73. The second kappa shape index (κ2) is 5.08. The van der Waals surface area contributed by atoms with E-state index < -0.39 is 23.8 Å². The van der Waals surface area contributed by atoms with Gasteiger partial charge in [0.15, 0.2) is 0 Å². The van der Waals surface area contributed by atoms with Crippen molar-refractivity contribution >= 4 is 12.4 Å². The third-order valence-electron chi connectivity index (χ3n) is 2.81. The molecule has 16 heavy (non-hydrogen) atoms. The summed E-state index contributed by atoms with van der Waals surface area (Å²) in [5.41, 5.74) is 5.44. The molecule has 0 heterocycles. The van der Waals surface area contributed by atoms with E-state index in [1.165, 1.54) is 6.07 Å². The van der Waals surface area contributed by atoms with Crippen molar-refractivity contribution in [2.24, 2.45) is 11.7 Å². The number of hydrogen-bond donors (Lipinski definition) is 2. The number of aliphatic hydroxyl groups is 1. The summed E-state index contributed by atoms with van der Waals surface area (Å²) in [7, 11) is 0. The molecule has 5 heteroatoms. The highest BCUT2D eigenvalue weighted by Crippen LogP contribution is 2.38. The Morgan fingerprint density at radius 2 is 1.75 bits per heavy atom. The van der Waals surface area contributed by atoms with Crippen LogP contribution in [0.3, 0.4) is 0 Å². The molecule has 0 spiro atoms. The third kappa shape index (κ3) is 2.51. The predicted octanol–water partition coefficient (Wildman–Crippen LogP) is 2.16. The lowest BCUT2D eigenvalue weighted by Gasteiger charge is -2.19. The van der Waals surface area contributed by atoms with Crippen molar-refractivity contribution in [3.05, 3.63) is 35.4 Å². The van der Waals surface area contributed by atoms with Crippen molar-refractivity contribution < 1.29 is 13.9 Å². The molecule has 1 fully saturated rings. The first kappa shape index (κ1) is 13.4. The van der Waals surface area contributed by atoms with Crippen molar-refractivity contribution in [2.45, 2.75) is 25.0 Å². The lowest BCUT2D eigenvalue weighted by atomic mass is 9.98. The summed E-state index contributed by atoms with van der Waals surface area (Å²) >= 11 is 0. The lowest BCUT2D eigenvalue weighted by Crippen LogP contribution is -2.29. The van der Waals surface area contributed by atoms with Gasteiger partial charge in [-0.2, -0.15) is 0 Å². The minimum absolute atomic E-state index is 0. The number of hydrogen-bond acceptors (Lipinski definition) is 2. The second-order valence-electron chi connectivity index (χ2n) is 3.99. The van der Waals surface area contributed by atoms with Crippen LogP contribution >= 0.6 is 12.4 Å². The van der Waals surface area contributed by atoms with Crippen LogP contribution in [0.4, 0.5) is 8.78 Å². The van der Waals surface area contributed by atoms with Gasteiger partial charge in [-0.15, -0.1) is 12.4 Å². The van der Waals surface area contributed by atoms with E-state index in [0.29, 0.717) is 0 Å². The molecule has 1 aliphatic carbocycles. The monoisotopic (exact) mass is 249 g/mol. The van der Waals surface area contributed by atoms with E-state index in [1.807, 2.05) is 0 Å². The van der Waals surface area contributed by atoms with Crippen LogP contribution in [0, 0.1) is 17.6 Å². The maximum absolute atomic E-state index is 13.3. The molecule has 1 aliphatic rings. The molecule has 0 bridgehead atoms. The first-order valence-electron chi connectivity index (χ1n) is 4.99. The summed E-state index contributed by atoms with van der Waals surface area (Å²) in [5, 5.41) is 9.70. The van der Waals surface area contributed by atoms with Gasteiger partial charge >= 0.3 is 0 Å². The molecule has 0 unspecified atom stereocenters. The number of benzene rings is 1. The van der Waals surface area contributed by atoms with Gasteiger partial charge in [-0.3, -0.25) is 0 Å². The average Bonchev–Trinajstić information content (AvgIpc) is 2.99. The number of rotatable bonds is 3. The standard InChI is InChI=1S/C11H13F2NO.ClH/c12-7-2-1-3-8(13)9(7)10(14)11(15)6-4-5-6;/h1-3,6,10-11,15H,4-5,14H2;1H/t10-,11+;/m0./s1. The normalized spacial score (nSPS) is 18.8. The Balaban J connectivity index is 0.00000128. The zero-order valence-electron chi connectivity index (χ0n) is 8.57. The minimum Gasteiger partial charge on any atom is -0.391 e. The third-order valence-corrected chi connectivity index (χ3v) is 2.81. The van der Waals surface area contributed by atoms with Gasteiger partial charge in [0.25, 0.3) is 0 Å². The van der Waals surface area contributed by atoms with E-state index in [2.05, 4.69) is 0 Å². The summed E-state index contributed by atoms with van der Waals surface area (Å²) in [6.07, 6.45) is 0.909. The molecule has 2 nitrogen and oxygen atoms in total. The Labute approximate surface area is 98.9 Å². The van der Waals surface area contributed by atoms with E-state index in [1.54, 1.807) is 0 Å². The van der Waals surface area contributed by atoms with Crippen LogP contribution in [-0.2, 0) is 0 Å². The van der Waals surface area contributed by atoms with Crippen molar-refractivity contribution in [1.82, 2.24) is 0 Å². The Bertz CT molecular complexity index is 351. The van der Waals surface area contributed by atoms with Gasteiger partial charge in [0.05, 0.1) is 12.1 Å². The number of aliphatic hydroxyl groups excluding tert-OH is 1. The van der Waals surface area contributed by atoms with Gasteiger partial charge in [-0.1, -0.05) is 6.07 Å². The molecule has 90 valence electrons. The molecule has 0 aliphatic heterocycles. The number of nitrogens with two attached hydrogens (primary N) is 1. The molecule has 0 radical (unpaired) electrons. The largest absolute Gasteiger partial charge is 0.391 e. The van der Waals surface area contributed by atoms with Crippen molar-refractivity contribution in [3.8, 4) is 0 Å². The summed E-state index contributed by atoms with van der Waals surface area (Å²) in [4.78, 5) is 0. The van der Waals surface area contributed by atoms with E-state index in [4.69, 9.17) is 5.73 Å². The summed E-state index contributed by atoms with van der Waals surface area (Å²) in [6, 6.07) is 2.61. The van der Waals surface area contributed by atoms with Crippen molar-refractivity contribution in [2.75, 3.05) is 0 Å². The van der Waals surface area contributed by atoms with Crippen LogP contribution in [0.15, 0.2) is 18.2 Å². The van der Waals surface area contributed by atoms with E-state index in [9.17, 15) is 13.9 Å². The highest BCUT2D eigenvalue weighted by molar-refractivity contribution is 5.85. The highest BCUT2D eigenvalue weighted by Gasteiger charge is 2.36. The van der Waals surface area contributed by atoms with Crippen LogP contribution < -0.4 is 5.73 Å². The zero-order chi connectivity index (χ0) is 11.0. The minimum atomic E-state index is -0.973. The van der Waals surface area contributed by atoms with Crippen LogP contribution in [0.2, 0.25) is 0 Å². The van der Waals surface area contributed by atoms with Crippen LogP contribution in [0.5, 0.6) is 0 Å². The Morgan fingerprint density at radius 1 is 1.25 bits per heavy atom. The molecular weight excluding hydrogens is 236 g/mol.